The number of carbonyl (C=O) groups excluding carboxylic acids is 2. The van der Waals surface area contributed by atoms with E-state index in [9.17, 15) is 18.4 Å². The standard InChI is InChI=1S/C21H32F2O7S/c22-21(23,31-30-29-26)20(25)28-18-11-5-9-16-15(8-4-10-17(16)18)12-19(24)27-13-14-6-2-1-3-7-14/h14-18,26H,1-13H2. The minimum atomic E-state index is -3.99. The molecule has 0 saturated heterocycles. The number of carbonyl (C=O) groups is 2. The second kappa shape index (κ2) is 11.8. The molecule has 4 unspecified atom stereocenters. The van der Waals surface area contributed by atoms with E-state index in [2.05, 4.69) is 9.37 Å². The normalized spacial score (nSPS) is 29.8. The van der Waals surface area contributed by atoms with E-state index in [1.54, 1.807) is 0 Å². The number of rotatable bonds is 9. The SMILES string of the molecule is O=C(CC1CCCC2C(OC(=O)C(F)(F)SOOO)CCCC12)OCC1CCCCC1. The van der Waals surface area contributed by atoms with Gasteiger partial charge in [-0.2, -0.15) is 8.78 Å². The van der Waals surface area contributed by atoms with Crippen LogP contribution in [0.5, 0.6) is 0 Å². The van der Waals surface area contributed by atoms with Gasteiger partial charge in [-0.1, -0.05) is 30.7 Å². The van der Waals surface area contributed by atoms with Gasteiger partial charge in [-0.25, -0.2) is 10.1 Å². The lowest BCUT2D eigenvalue weighted by atomic mass is 9.63. The molecule has 3 aliphatic rings. The molecule has 3 fully saturated rings. The van der Waals surface area contributed by atoms with Gasteiger partial charge >= 0.3 is 17.2 Å². The highest BCUT2D eigenvalue weighted by atomic mass is 32.2. The molecular weight excluding hydrogens is 434 g/mol. The molecule has 0 radical (unpaired) electrons. The summed E-state index contributed by atoms with van der Waals surface area (Å²) in [6, 6.07) is 0. The first-order valence-electron chi connectivity index (χ1n) is 11.3. The molecule has 3 rings (SSSR count). The van der Waals surface area contributed by atoms with E-state index in [0.29, 0.717) is 25.4 Å². The molecule has 31 heavy (non-hydrogen) atoms. The minimum absolute atomic E-state index is 0.0431. The summed E-state index contributed by atoms with van der Waals surface area (Å²) >= 11 is -0.610. The Hall–Kier alpha value is -0.970. The Labute approximate surface area is 185 Å². The maximum absolute atomic E-state index is 13.8. The Balaban J connectivity index is 1.51. The van der Waals surface area contributed by atoms with Crippen LogP contribution in [0.2, 0.25) is 0 Å². The third-order valence-electron chi connectivity index (χ3n) is 7.07. The van der Waals surface area contributed by atoms with Gasteiger partial charge in [0.05, 0.1) is 6.61 Å². The van der Waals surface area contributed by atoms with Crippen molar-refractivity contribution in [3.63, 3.8) is 0 Å². The van der Waals surface area contributed by atoms with Gasteiger partial charge < -0.3 is 9.47 Å². The number of halogens is 2. The quantitative estimate of drug-likeness (QED) is 0.212. The number of alkyl halides is 2. The Morgan fingerprint density at radius 1 is 0.935 bits per heavy atom. The van der Waals surface area contributed by atoms with Gasteiger partial charge in [0.15, 0.2) is 0 Å². The molecule has 4 atom stereocenters. The Morgan fingerprint density at radius 2 is 1.65 bits per heavy atom. The van der Waals surface area contributed by atoms with Crippen molar-refractivity contribution < 1.29 is 42.5 Å². The molecule has 178 valence electrons. The fourth-order valence-corrected chi connectivity index (χ4v) is 5.84. The van der Waals surface area contributed by atoms with Crippen LogP contribution in [0.15, 0.2) is 0 Å². The van der Waals surface area contributed by atoms with Gasteiger partial charge in [0, 0.05) is 6.42 Å². The van der Waals surface area contributed by atoms with Crippen molar-refractivity contribution in [2.45, 2.75) is 88.4 Å². The fourth-order valence-electron chi connectivity index (χ4n) is 5.61. The molecule has 0 bridgehead atoms. The van der Waals surface area contributed by atoms with Gasteiger partial charge in [-0.3, -0.25) is 4.79 Å². The molecular formula is C21H32F2O7S. The van der Waals surface area contributed by atoms with Gasteiger partial charge in [0.25, 0.3) is 0 Å². The fraction of sp³-hybridized carbons (Fsp3) is 0.905. The zero-order valence-electron chi connectivity index (χ0n) is 17.6. The molecule has 0 aromatic carbocycles. The summed E-state index contributed by atoms with van der Waals surface area (Å²) in [4.78, 5) is 24.4. The predicted molar refractivity (Wildman–Crippen MR) is 108 cm³/mol. The molecule has 3 saturated carbocycles. The van der Waals surface area contributed by atoms with Crippen molar-refractivity contribution in [3.05, 3.63) is 0 Å². The van der Waals surface area contributed by atoms with E-state index in [4.69, 9.17) is 14.7 Å². The van der Waals surface area contributed by atoms with E-state index in [1.807, 2.05) is 0 Å². The summed E-state index contributed by atoms with van der Waals surface area (Å²) < 4.78 is 42.0. The number of ether oxygens (including phenoxy) is 2. The van der Waals surface area contributed by atoms with Gasteiger partial charge in [0.2, 0.25) is 0 Å². The van der Waals surface area contributed by atoms with Gasteiger partial charge in [-0.15, -0.1) is 4.33 Å². The highest BCUT2D eigenvalue weighted by Gasteiger charge is 2.48. The largest absolute Gasteiger partial charge is 0.465 e. The summed E-state index contributed by atoms with van der Waals surface area (Å²) in [6.07, 6.45) is 10.3. The van der Waals surface area contributed by atoms with Crippen molar-refractivity contribution in [3.8, 4) is 0 Å². The Kier molecular flexibility index (Phi) is 9.36. The molecule has 0 spiro atoms. The second-order valence-electron chi connectivity index (χ2n) is 9.03. The van der Waals surface area contributed by atoms with Crippen LogP contribution in [0.1, 0.15) is 77.0 Å². The van der Waals surface area contributed by atoms with Crippen molar-refractivity contribution in [2.24, 2.45) is 23.7 Å². The molecule has 0 amide bonds. The molecule has 0 heterocycles. The van der Waals surface area contributed by atoms with E-state index in [1.165, 1.54) is 19.3 Å². The van der Waals surface area contributed by atoms with Crippen molar-refractivity contribution >= 4 is 24.0 Å². The van der Waals surface area contributed by atoms with Crippen LogP contribution >= 0.6 is 12.0 Å². The highest BCUT2D eigenvalue weighted by molar-refractivity contribution is 7.96. The summed E-state index contributed by atoms with van der Waals surface area (Å²) in [5, 5.41) is 7.19. The Bertz CT molecular complexity index is 600. The summed E-state index contributed by atoms with van der Waals surface area (Å²) in [6.45, 7) is 0.492. The molecule has 10 heteroatoms. The topological polar surface area (TPSA) is 91.3 Å². The average molecular weight is 467 g/mol. The van der Waals surface area contributed by atoms with E-state index in [0.717, 1.165) is 44.9 Å². The van der Waals surface area contributed by atoms with Crippen LogP contribution in [0.3, 0.4) is 0 Å². The molecule has 0 aromatic rings. The first-order valence-corrected chi connectivity index (χ1v) is 12.0. The minimum Gasteiger partial charge on any atom is -0.465 e. The summed E-state index contributed by atoms with van der Waals surface area (Å²) in [5.41, 5.74) is 0. The molecule has 3 aliphatic carbocycles. The van der Waals surface area contributed by atoms with Crippen LogP contribution in [-0.4, -0.2) is 35.2 Å². The monoisotopic (exact) mass is 466 g/mol. The molecule has 1 N–H and O–H groups in total. The number of hydrogen-bond donors (Lipinski definition) is 1. The first-order chi connectivity index (χ1) is 14.9. The molecule has 7 nitrogen and oxygen atoms in total. The van der Waals surface area contributed by atoms with Crippen LogP contribution < -0.4 is 0 Å². The van der Waals surface area contributed by atoms with Crippen LogP contribution in [0.4, 0.5) is 8.78 Å². The maximum atomic E-state index is 13.8. The number of hydrogen-bond acceptors (Lipinski definition) is 8. The third kappa shape index (κ3) is 7.00. The van der Waals surface area contributed by atoms with Crippen molar-refractivity contribution in [1.82, 2.24) is 0 Å². The molecule has 0 aromatic heterocycles. The zero-order chi connectivity index (χ0) is 22.3. The second-order valence-corrected chi connectivity index (χ2v) is 9.84. The first kappa shape index (κ1) is 24.7. The molecule has 0 aliphatic heterocycles. The lowest BCUT2D eigenvalue weighted by Gasteiger charge is -2.45. The highest BCUT2D eigenvalue weighted by Crippen LogP contribution is 2.47. The van der Waals surface area contributed by atoms with Gasteiger partial charge in [0.1, 0.15) is 18.1 Å². The van der Waals surface area contributed by atoms with Crippen molar-refractivity contribution in [2.75, 3.05) is 6.61 Å². The predicted octanol–water partition coefficient (Wildman–Crippen LogP) is 5.29. The summed E-state index contributed by atoms with van der Waals surface area (Å²) in [5.74, 6) is -1.19. The van der Waals surface area contributed by atoms with E-state index in [-0.39, 0.29) is 23.7 Å². The van der Waals surface area contributed by atoms with Crippen LogP contribution in [0.25, 0.3) is 0 Å². The Morgan fingerprint density at radius 3 is 2.39 bits per heavy atom. The van der Waals surface area contributed by atoms with Crippen LogP contribution in [0, 0.1) is 23.7 Å². The zero-order valence-corrected chi connectivity index (χ0v) is 18.5. The lowest BCUT2D eigenvalue weighted by Crippen LogP contribution is -2.44. The van der Waals surface area contributed by atoms with E-state index < -0.39 is 29.4 Å². The third-order valence-corrected chi connectivity index (χ3v) is 7.58. The number of fused-ring (bicyclic) bond motifs is 1. The average Bonchev–Trinajstić information content (AvgIpc) is 2.77. The lowest BCUT2D eigenvalue weighted by molar-refractivity contribution is -0.433. The maximum Gasteiger partial charge on any atom is 0.415 e. The smallest absolute Gasteiger partial charge is 0.415 e. The van der Waals surface area contributed by atoms with E-state index >= 15 is 0 Å². The van der Waals surface area contributed by atoms with Crippen LogP contribution in [-0.2, 0) is 28.4 Å². The summed E-state index contributed by atoms with van der Waals surface area (Å²) in [7, 11) is 0. The van der Waals surface area contributed by atoms with Crippen molar-refractivity contribution in [1.29, 1.82) is 0 Å². The van der Waals surface area contributed by atoms with Gasteiger partial charge in [-0.05, 0) is 68.6 Å². The number of esters is 2.